The van der Waals surface area contributed by atoms with Crippen molar-refractivity contribution >= 4 is 50.9 Å². The molecule has 0 bridgehead atoms. The van der Waals surface area contributed by atoms with Gasteiger partial charge in [-0.25, -0.2) is 10.4 Å². The van der Waals surface area contributed by atoms with Gasteiger partial charge >= 0.3 is 5.97 Å². The summed E-state index contributed by atoms with van der Waals surface area (Å²) < 4.78 is 6.67. The molecule has 2 aromatic carbocycles. The van der Waals surface area contributed by atoms with Gasteiger partial charge in [-0.15, -0.1) is 11.3 Å². The summed E-state index contributed by atoms with van der Waals surface area (Å²) in [4.78, 5) is 44.5. The van der Waals surface area contributed by atoms with E-state index in [2.05, 4.69) is 10.5 Å². The number of esters is 1. The third-order valence-corrected chi connectivity index (χ3v) is 8.59. The van der Waals surface area contributed by atoms with Crippen molar-refractivity contribution in [1.82, 2.24) is 15.0 Å². The fourth-order valence-corrected chi connectivity index (χ4v) is 6.62. The highest BCUT2D eigenvalue weighted by Gasteiger charge is 2.23. The zero-order valence-corrected chi connectivity index (χ0v) is 23.6. The van der Waals surface area contributed by atoms with Crippen molar-refractivity contribution in [2.75, 3.05) is 5.75 Å². The Labute approximate surface area is 234 Å². The van der Waals surface area contributed by atoms with Gasteiger partial charge in [0.1, 0.15) is 10.6 Å². The lowest BCUT2D eigenvalue weighted by Crippen LogP contribution is -2.24. The topological polar surface area (TPSA) is 103 Å². The molecule has 1 aliphatic rings. The molecule has 39 heavy (non-hydrogen) atoms. The average molecular weight is 561 g/mol. The molecule has 0 spiro atoms. The van der Waals surface area contributed by atoms with E-state index < -0.39 is 5.97 Å². The van der Waals surface area contributed by atoms with Gasteiger partial charge in [-0.05, 0) is 87.1 Å². The number of carbonyl (C=O) groups excluding carboxylic acids is 2. The van der Waals surface area contributed by atoms with Gasteiger partial charge < -0.3 is 4.74 Å². The molecule has 0 fully saturated rings. The number of hydrazone groups is 1. The first-order chi connectivity index (χ1) is 18.8. The van der Waals surface area contributed by atoms with E-state index in [4.69, 9.17) is 9.72 Å². The van der Waals surface area contributed by atoms with Gasteiger partial charge in [-0.2, -0.15) is 5.10 Å². The minimum Gasteiger partial charge on any atom is -0.427 e. The Hall–Kier alpha value is -3.76. The molecule has 8 nitrogen and oxygen atoms in total. The largest absolute Gasteiger partial charge is 0.427 e. The standard InChI is InChI=1S/C29H28N4O4S2/c1-17-8-12-21(13-9-17)33-28(36)26-23-6-4-5-7-24(23)39-27(26)30-29(33)38-16-25(35)32-31-18(2)20-10-14-22(15-11-20)37-19(3)34/h8-15H,4-7,16H2,1-3H3,(H,32,35). The van der Waals surface area contributed by atoms with Crippen LogP contribution in [0.25, 0.3) is 15.9 Å². The highest BCUT2D eigenvalue weighted by molar-refractivity contribution is 7.99. The molecule has 0 aliphatic heterocycles. The highest BCUT2D eigenvalue weighted by Crippen LogP contribution is 2.35. The Bertz CT molecular complexity index is 1640. The number of thioether (sulfide) groups is 1. The van der Waals surface area contributed by atoms with Gasteiger partial charge in [0.15, 0.2) is 5.16 Å². The predicted molar refractivity (Wildman–Crippen MR) is 155 cm³/mol. The zero-order chi connectivity index (χ0) is 27.5. The van der Waals surface area contributed by atoms with Crippen LogP contribution in [-0.2, 0) is 22.4 Å². The number of nitrogens with one attached hydrogen (secondary N) is 1. The zero-order valence-electron chi connectivity index (χ0n) is 21.9. The number of hydrogen-bond acceptors (Lipinski definition) is 8. The van der Waals surface area contributed by atoms with Crippen LogP contribution in [0.15, 0.2) is 63.6 Å². The molecule has 200 valence electrons. The summed E-state index contributed by atoms with van der Waals surface area (Å²) in [6, 6.07) is 14.6. The Morgan fingerprint density at radius 1 is 1.08 bits per heavy atom. The van der Waals surface area contributed by atoms with Crippen LogP contribution in [0.5, 0.6) is 5.75 Å². The van der Waals surface area contributed by atoms with Crippen LogP contribution in [0, 0.1) is 6.92 Å². The second kappa shape index (κ2) is 11.5. The van der Waals surface area contributed by atoms with Crippen LogP contribution in [0.1, 0.15) is 48.3 Å². The maximum atomic E-state index is 13.8. The number of thiophene rings is 1. The van der Waals surface area contributed by atoms with Crippen LogP contribution >= 0.6 is 23.1 Å². The van der Waals surface area contributed by atoms with Crippen LogP contribution < -0.4 is 15.7 Å². The van der Waals surface area contributed by atoms with Crippen molar-refractivity contribution in [3.63, 3.8) is 0 Å². The second-order valence-corrected chi connectivity index (χ2v) is 11.4. The average Bonchev–Trinajstić information content (AvgIpc) is 3.30. The molecule has 5 rings (SSSR count). The number of amides is 1. The summed E-state index contributed by atoms with van der Waals surface area (Å²) in [5, 5.41) is 5.40. The summed E-state index contributed by atoms with van der Waals surface area (Å²) in [5.74, 6) is -0.226. The molecular weight excluding hydrogens is 532 g/mol. The van der Waals surface area contributed by atoms with Gasteiger partial charge in [-0.3, -0.25) is 19.0 Å². The lowest BCUT2D eigenvalue weighted by Gasteiger charge is -2.13. The number of fused-ring (bicyclic) bond motifs is 3. The van der Waals surface area contributed by atoms with E-state index in [0.29, 0.717) is 22.0 Å². The number of hydrogen-bond donors (Lipinski definition) is 1. The summed E-state index contributed by atoms with van der Waals surface area (Å²) >= 11 is 2.81. The summed E-state index contributed by atoms with van der Waals surface area (Å²) in [6.07, 6.45) is 4.09. The monoisotopic (exact) mass is 560 g/mol. The van der Waals surface area contributed by atoms with Crippen LogP contribution in [-0.4, -0.2) is 32.9 Å². The SMILES string of the molecule is CC(=O)Oc1ccc(C(C)=NNC(=O)CSc2nc3sc4c(c3c(=O)n2-c2ccc(C)cc2)CCCC4)cc1. The number of carbonyl (C=O) groups is 2. The second-order valence-electron chi connectivity index (χ2n) is 9.40. The van der Waals surface area contributed by atoms with Gasteiger partial charge in [-0.1, -0.05) is 29.5 Å². The van der Waals surface area contributed by atoms with Crippen LogP contribution in [0.4, 0.5) is 0 Å². The highest BCUT2D eigenvalue weighted by atomic mass is 32.2. The first-order valence-corrected chi connectivity index (χ1v) is 14.5. The molecule has 0 radical (unpaired) electrons. The minimum absolute atomic E-state index is 0.0388. The quantitative estimate of drug-likeness (QED) is 0.0833. The first kappa shape index (κ1) is 26.8. The maximum Gasteiger partial charge on any atom is 0.308 e. The number of aromatic nitrogens is 2. The van der Waals surface area contributed by atoms with E-state index in [0.717, 1.165) is 52.9 Å². The molecule has 4 aromatic rings. The number of ether oxygens (including phenoxy) is 1. The van der Waals surface area contributed by atoms with E-state index in [1.807, 2.05) is 31.2 Å². The normalized spacial score (nSPS) is 13.3. The van der Waals surface area contributed by atoms with Crippen molar-refractivity contribution in [1.29, 1.82) is 0 Å². The van der Waals surface area contributed by atoms with Gasteiger partial charge in [0.2, 0.25) is 0 Å². The van der Waals surface area contributed by atoms with Crippen molar-refractivity contribution < 1.29 is 14.3 Å². The van der Waals surface area contributed by atoms with E-state index in [9.17, 15) is 14.4 Å². The summed E-state index contributed by atoms with van der Waals surface area (Å²) in [5.41, 5.74) is 6.84. The molecule has 0 atom stereocenters. The van der Waals surface area contributed by atoms with Crippen molar-refractivity contribution in [2.45, 2.75) is 51.6 Å². The van der Waals surface area contributed by atoms with Crippen LogP contribution in [0.2, 0.25) is 0 Å². The molecule has 2 heterocycles. The van der Waals surface area contributed by atoms with E-state index in [-0.39, 0.29) is 17.2 Å². The summed E-state index contributed by atoms with van der Waals surface area (Å²) in [6.45, 7) is 5.12. The fourth-order valence-electron chi connectivity index (χ4n) is 4.51. The van der Waals surface area contributed by atoms with Gasteiger partial charge in [0, 0.05) is 11.8 Å². The Morgan fingerprint density at radius 3 is 2.51 bits per heavy atom. The van der Waals surface area contributed by atoms with E-state index in [1.165, 1.54) is 23.6 Å². The number of rotatable bonds is 7. The molecule has 10 heteroatoms. The predicted octanol–water partition coefficient (Wildman–Crippen LogP) is 5.19. The Morgan fingerprint density at radius 2 is 1.79 bits per heavy atom. The fraction of sp³-hybridized carbons (Fsp3) is 0.276. The third-order valence-electron chi connectivity index (χ3n) is 6.46. The van der Waals surface area contributed by atoms with Crippen LogP contribution in [0.3, 0.4) is 0 Å². The Balaban J connectivity index is 1.37. The molecule has 1 aliphatic carbocycles. The van der Waals surface area contributed by atoms with Gasteiger partial charge in [0.25, 0.3) is 11.5 Å². The van der Waals surface area contributed by atoms with Crippen molar-refractivity contribution in [3.05, 3.63) is 80.5 Å². The molecule has 0 saturated heterocycles. The molecule has 1 N–H and O–H groups in total. The molecule has 0 saturated carbocycles. The Kier molecular flexibility index (Phi) is 7.94. The van der Waals surface area contributed by atoms with Gasteiger partial charge in [0.05, 0.1) is 22.5 Å². The van der Waals surface area contributed by atoms with Crippen molar-refractivity contribution in [2.24, 2.45) is 5.10 Å². The molecular formula is C29H28N4O4S2. The minimum atomic E-state index is -0.391. The molecule has 1 amide bonds. The number of benzene rings is 2. The molecule has 2 aromatic heterocycles. The van der Waals surface area contributed by atoms with Crippen molar-refractivity contribution in [3.8, 4) is 11.4 Å². The first-order valence-electron chi connectivity index (χ1n) is 12.7. The lowest BCUT2D eigenvalue weighted by molar-refractivity contribution is -0.131. The number of nitrogens with zero attached hydrogens (tertiary/aromatic N) is 3. The van der Waals surface area contributed by atoms with E-state index >= 15 is 0 Å². The number of aryl methyl sites for hydroxylation is 3. The van der Waals surface area contributed by atoms with E-state index in [1.54, 1.807) is 47.1 Å². The molecule has 0 unspecified atom stereocenters. The summed E-state index contributed by atoms with van der Waals surface area (Å²) in [7, 11) is 0. The maximum absolute atomic E-state index is 13.8. The lowest BCUT2D eigenvalue weighted by atomic mass is 9.97. The third kappa shape index (κ3) is 5.97. The smallest absolute Gasteiger partial charge is 0.308 e.